The Labute approximate surface area is 75.2 Å². The molecule has 66 valence electrons. The van der Waals surface area contributed by atoms with Crippen LogP contribution in [0.2, 0.25) is 5.02 Å². The standard InChI is InChI=1S/C9H9ClF2/c1-6(5-11)7-2-3-9(12)8(10)4-7/h2-4,6H,5H2,1H3. The lowest BCUT2D eigenvalue weighted by Crippen LogP contribution is -1.95. The third-order valence-corrected chi connectivity index (χ3v) is 2.03. The predicted molar refractivity (Wildman–Crippen MR) is 45.8 cm³/mol. The Hall–Kier alpha value is -0.630. The maximum atomic E-state index is 12.6. The molecule has 1 aromatic carbocycles. The Kier molecular flexibility index (Phi) is 3.04. The molecule has 1 aromatic rings. The Bertz CT molecular complexity index is 273. The SMILES string of the molecule is CC(CF)c1ccc(F)c(Cl)c1. The molecule has 0 amide bonds. The number of hydrogen-bond acceptors (Lipinski definition) is 0. The van der Waals surface area contributed by atoms with Crippen LogP contribution in [-0.4, -0.2) is 6.67 Å². The van der Waals surface area contributed by atoms with Crippen molar-refractivity contribution in [2.75, 3.05) is 6.67 Å². The molecule has 1 unspecified atom stereocenters. The highest BCUT2D eigenvalue weighted by Gasteiger charge is 2.07. The van der Waals surface area contributed by atoms with E-state index in [4.69, 9.17) is 11.6 Å². The molecular weight excluding hydrogens is 182 g/mol. The molecule has 1 rings (SSSR count). The van der Waals surface area contributed by atoms with Crippen LogP contribution >= 0.6 is 11.6 Å². The molecule has 0 bridgehead atoms. The van der Waals surface area contributed by atoms with Crippen molar-refractivity contribution in [2.45, 2.75) is 12.8 Å². The smallest absolute Gasteiger partial charge is 0.141 e. The molecule has 0 radical (unpaired) electrons. The van der Waals surface area contributed by atoms with Gasteiger partial charge in [-0.25, -0.2) is 4.39 Å². The molecular formula is C9H9ClF2. The van der Waals surface area contributed by atoms with Gasteiger partial charge in [0.2, 0.25) is 0 Å². The number of halogens is 3. The summed E-state index contributed by atoms with van der Waals surface area (Å²) in [5, 5.41) is 0.0489. The number of rotatable bonds is 2. The van der Waals surface area contributed by atoms with E-state index >= 15 is 0 Å². The lowest BCUT2D eigenvalue weighted by atomic mass is 10.0. The lowest BCUT2D eigenvalue weighted by molar-refractivity contribution is 0.447. The number of alkyl halides is 1. The summed E-state index contributed by atoms with van der Waals surface area (Å²) in [6.45, 7) is 1.27. The van der Waals surface area contributed by atoms with Gasteiger partial charge in [0.1, 0.15) is 5.82 Å². The summed E-state index contributed by atoms with van der Waals surface area (Å²) < 4.78 is 24.8. The van der Waals surface area contributed by atoms with Gasteiger partial charge in [-0.15, -0.1) is 0 Å². The molecule has 0 aliphatic carbocycles. The van der Waals surface area contributed by atoms with Crippen molar-refractivity contribution >= 4 is 11.6 Å². The molecule has 0 heterocycles. The summed E-state index contributed by atoms with van der Waals surface area (Å²) in [6.07, 6.45) is 0. The van der Waals surface area contributed by atoms with Crippen molar-refractivity contribution < 1.29 is 8.78 Å². The minimum atomic E-state index is -0.466. The molecule has 0 aliphatic rings. The first-order valence-electron chi connectivity index (χ1n) is 3.66. The number of benzene rings is 1. The molecule has 1 atom stereocenters. The molecule has 0 saturated heterocycles. The van der Waals surface area contributed by atoms with Crippen molar-refractivity contribution in [1.29, 1.82) is 0 Å². The van der Waals surface area contributed by atoms with Crippen molar-refractivity contribution in [3.05, 3.63) is 34.6 Å². The highest BCUT2D eigenvalue weighted by atomic mass is 35.5. The monoisotopic (exact) mass is 190 g/mol. The minimum Gasteiger partial charge on any atom is -0.250 e. The van der Waals surface area contributed by atoms with E-state index in [0.29, 0.717) is 0 Å². The molecule has 0 N–H and O–H groups in total. The maximum Gasteiger partial charge on any atom is 0.141 e. The normalized spacial score (nSPS) is 13.0. The summed E-state index contributed by atoms with van der Waals surface area (Å²) in [5.41, 5.74) is 0.726. The van der Waals surface area contributed by atoms with Crippen molar-refractivity contribution in [3.8, 4) is 0 Å². The molecule has 0 aliphatic heterocycles. The fourth-order valence-corrected chi connectivity index (χ4v) is 1.10. The topological polar surface area (TPSA) is 0 Å². The summed E-state index contributed by atoms with van der Waals surface area (Å²) in [6, 6.07) is 4.26. The van der Waals surface area contributed by atoms with Crippen LogP contribution < -0.4 is 0 Å². The van der Waals surface area contributed by atoms with Gasteiger partial charge in [0, 0.05) is 5.92 Å². The van der Waals surface area contributed by atoms with Crippen molar-refractivity contribution in [3.63, 3.8) is 0 Å². The third-order valence-electron chi connectivity index (χ3n) is 1.74. The van der Waals surface area contributed by atoms with E-state index in [1.165, 1.54) is 12.1 Å². The largest absolute Gasteiger partial charge is 0.250 e. The molecule has 0 fully saturated rings. The fourth-order valence-electron chi connectivity index (χ4n) is 0.908. The average molecular weight is 191 g/mol. The first kappa shape index (κ1) is 9.46. The second-order valence-corrected chi connectivity index (χ2v) is 3.14. The van der Waals surface area contributed by atoms with Gasteiger partial charge in [0.25, 0.3) is 0 Å². The van der Waals surface area contributed by atoms with Gasteiger partial charge in [-0.1, -0.05) is 24.6 Å². The second kappa shape index (κ2) is 3.85. The van der Waals surface area contributed by atoms with E-state index in [1.807, 2.05) is 0 Å². The fraction of sp³-hybridized carbons (Fsp3) is 0.333. The van der Waals surface area contributed by atoms with E-state index in [0.717, 1.165) is 5.56 Å². The van der Waals surface area contributed by atoms with Crippen LogP contribution in [0.1, 0.15) is 18.4 Å². The maximum absolute atomic E-state index is 12.6. The van der Waals surface area contributed by atoms with Gasteiger partial charge < -0.3 is 0 Å². The summed E-state index contributed by atoms with van der Waals surface area (Å²) in [7, 11) is 0. The molecule has 0 aromatic heterocycles. The quantitative estimate of drug-likeness (QED) is 0.669. The van der Waals surface area contributed by atoms with Crippen LogP contribution in [0.5, 0.6) is 0 Å². The van der Waals surface area contributed by atoms with Gasteiger partial charge in [0.05, 0.1) is 11.7 Å². The highest BCUT2D eigenvalue weighted by molar-refractivity contribution is 6.30. The van der Waals surface area contributed by atoms with Crippen LogP contribution in [0.4, 0.5) is 8.78 Å². The van der Waals surface area contributed by atoms with E-state index in [2.05, 4.69) is 0 Å². The molecule has 3 heteroatoms. The van der Waals surface area contributed by atoms with Crippen LogP contribution in [0, 0.1) is 5.82 Å². The van der Waals surface area contributed by atoms with Gasteiger partial charge in [-0.2, -0.15) is 0 Å². The van der Waals surface area contributed by atoms with E-state index in [1.54, 1.807) is 13.0 Å². The molecule has 0 spiro atoms. The zero-order chi connectivity index (χ0) is 9.14. The first-order valence-corrected chi connectivity index (χ1v) is 4.04. The number of hydrogen-bond donors (Lipinski definition) is 0. The molecule has 0 saturated carbocycles. The summed E-state index contributed by atoms with van der Waals surface area (Å²) in [5.74, 6) is -0.686. The van der Waals surface area contributed by atoms with Crippen LogP contribution in [0.3, 0.4) is 0 Å². The first-order chi connectivity index (χ1) is 5.65. The van der Waals surface area contributed by atoms with E-state index < -0.39 is 12.5 Å². The van der Waals surface area contributed by atoms with E-state index in [9.17, 15) is 8.78 Å². The zero-order valence-corrected chi connectivity index (χ0v) is 7.41. The molecule has 12 heavy (non-hydrogen) atoms. The van der Waals surface area contributed by atoms with Gasteiger partial charge in [0.15, 0.2) is 0 Å². The van der Waals surface area contributed by atoms with Crippen LogP contribution in [0.25, 0.3) is 0 Å². The second-order valence-electron chi connectivity index (χ2n) is 2.73. The lowest BCUT2D eigenvalue weighted by Gasteiger charge is -2.06. The minimum absolute atomic E-state index is 0.0489. The van der Waals surface area contributed by atoms with Gasteiger partial charge >= 0.3 is 0 Å². The van der Waals surface area contributed by atoms with E-state index in [-0.39, 0.29) is 10.9 Å². The van der Waals surface area contributed by atoms with Gasteiger partial charge in [-0.3, -0.25) is 4.39 Å². The average Bonchev–Trinajstić information content (AvgIpc) is 2.08. The van der Waals surface area contributed by atoms with Crippen LogP contribution in [-0.2, 0) is 0 Å². The molecule has 0 nitrogen and oxygen atoms in total. The van der Waals surface area contributed by atoms with Crippen molar-refractivity contribution in [1.82, 2.24) is 0 Å². The van der Waals surface area contributed by atoms with Crippen molar-refractivity contribution in [2.24, 2.45) is 0 Å². The Morgan fingerprint density at radius 3 is 2.67 bits per heavy atom. The van der Waals surface area contributed by atoms with Gasteiger partial charge in [-0.05, 0) is 17.7 Å². The Morgan fingerprint density at radius 2 is 2.17 bits per heavy atom. The zero-order valence-electron chi connectivity index (χ0n) is 6.65. The Morgan fingerprint density at radius 1 is 1.50 bits per heavy atom. The highest BCUT2D eigenvalue weighted by Crippen LogP contribution is 2.22. The Balaban J connectivity index is 2.96. The summed E-state index contributed by atoms with van der Waals surface area (Å²) >= 11 is 5.52. The summed E-state index contributed by atoms with van der Waals surface area (Å²) in [4.78, 5) is 0. The predicted octanol–water partition coefficient (Wildman–Crippen LogP) is 3.55. The van der Waals surface area contributed by atoms with Crippen LogP contribution in [0.15, 0.2) is 18.2 Å². The third kappa shape index (κ3) is 1.95.